The Morgan fingerprint density at radius 1 is 1.29 bits per heavy atom. The van der Waals surface area contributed by atoms with Crippen molar-refractivity contribution in [1.29, 1.82) is 0 Å². The lowest BCUT2D eigenvalue weighted by molar-refractivity contribution is -0.135. The lowest BCUT2D eigenvalue weighted by Crippen LogP contribution is -2.56. The molecule has 1 saturated heterocycles. The zero-order valence-electron chi connectivity index (χ0n) is 13.0. The molecule has 7 heteroatoms. The second kappa shape index (κ2) is 8.84. The topological polar surface area (TPSA) is 98.9 Å². The van der Waals surface area contributed by atoms with Crippen molar-refractivity contribution in [2.75, 3.05) is 32.7 Å². The molecule has 0 aliphatic carbocycles. The van der Waals surface area contributed by atoms with E-state index in [1.54, 1.807) is 11.8 Å². The van der Waals surface area contributed by atoms with Gasteiger partial charge in [-0.15, -0.1) is 0 Å². The van der Waals surface area contributed by atoms with Crippen molar-refractivity contribution >= 4 is 11.9 Å². The molecule has 7 nitrogen and oxygen atoms in total. The highest BCUT2D eigenvalue weighted by molar-refractivity contribution is 5.86. The Hall–Kier alpha value is -1.34. The van der Waals surface area contributed by atoms with Crippen LogP contribution in [0.5, 0.6) is 0 Å². The van der Waals surface area contributed by atoms with Gasteiger partial charge in [-0.2, -0.15) is 0 Å². The van der Waals surface area contributed by atoms with E-state index in [-0.39, 0.29) is 12.0 Å². The van der Waals surface area contributed by atoms with Crippen LogP contribution in [0, 0.1) is 0 Å². The molecule has 0 aromatic heterocycles. The van der Waals surface area contributed by atoms with Crippen LogP contribution in [-0.2, 0) is 4.79 Å². The SMILES string of the molecule is CCCC[C@H](NC(N)=O)C(=O)N1CCN(C[C@@H](C)O)CC1. The Morgan fingerprint density at radius 2 is 1.90 bits per heavy atom. The zero-order valence-corrected chi connectivity index (χ0v) is 13.0. The van der Waals surface area contributed by atoms with Crippen molar-refractivity contribution in [1.82, 2.24) is 15.1 Å². The number of unbranched alkanes of at least 4 members (excludes halogenated alkanes) is 1. The third-order valence-electron chi connectivity index (χ3n) is 3.67. The zero-order chi connectivity index (χ0) is 15.8. The molecular formula is C14H28N4O3. The predicted octanol–water partition coefficient (Wildman–Crippen LogP) is -0.261. The molecule has 4 N–H and O–H groups in total. The van der Waals surface area contributed by atoms with Crippen LogP contribution in [0.4, 0.5) is 4.79 Å². The predicted molar refractivity (Wildman–Crippen MR) is 80.7 cm³/mol. The highest BCUT2D eigenvalue weighted by Crippen LogP contribution is 2.09. The molecule has 0 aromatic carbocycles. The molecule has 1 fully saturated rings. The number of carbonyl (C=O) groups is 2. The fourth-order valence-electron chi connectivity index (χ4n) is 2.58. The van der Waals surface area contributed by atoms with Gasteiger partial charge in [-0.25, -0.2) is 4.79 Å². The highest BCUT2D eigenvalue weighted by Gasteiger charge is 2.28. The number of primary amides is 1. The molecule has 0 aromatic rings. The first-order chi connectivity index (χ1) is 9.93. The number of piperazine rings is 1. The molecule has 122 valence electrons. The number of rotatable bonds is 7. The van der Waals surface area contributed by atoms with Crippen molar-refractivity contribution in [3.8, 4) is 0 Å². The number of nitrogens with one attached hydrogen (secondary N) is 1. The van der Waals surface area contributed by atoms with Gasteiger partial charge in [0.25, 0.3) is 0 Å². The molecule has 1 aliphatic rings. The number of amides is 3. The summed E-state index contributed by atoms with van der Waals surface area (Å²) in [5.41, 5.74) is 5.15. The van der Waals surface area contributed by atoms with Gasteiger partial charge in [0, 0.05) is 32.7 Å². The number of nitrogens with zero attached hydrogens (tertiary/aromatic N) is 2. The Balaban J connectivity index is 2.50. The molecular weight excluding hydrogens is 272 g/mol. The summed E-state index contributed by atoms with van der Waals surface area (Å²) in [6.45, 7) is 7.15. The third kappa shape index (κ3) is 6.31. The lowest BCUT2D eigenvalue weighted by atomic mass is 10.1. The monoisotopic (exact) mass is 300 g/mol. The van der Waals surface area contributed by atoms with Crippen LogP contribution >= 0.6 is 0 Å². The number of urea groups is 1. The fourth-order valence-corrected chi connectivity index (χ4v) is 2.58. The molecule has 1 rings (SSSR count). The molecule has 0 saturated carbocycles. The minimum absolute atomic E-state index is 0.0565. The summed E-state index contributed by atoms with van der Waals surface area (Å²) in [7, 11) is 0. The van der Waals surface area contributed by atoms with E-state index >= 15 is 0 Å². The molecule has 1 heterocycles. The average Bonchev–Trinajstić information content (AvgIpc) is 2.42. The van der Waals surface area contributed by atoms with Crippen LogP contribution in [0.15, 0.2) is 0 Å². The summed E-state index contributed by atoms with van der Waals surface area (Å²) in [4.78, 5) is 27.4. The number of aliphatic hydroxyl groups excluding tert-OH is 1. The van der Waals surface area contributed by atoms with Gasteiger partial charge in [0.15, 0.2) is 0 Å². The molecule has 0 spiro atoms. The van der Waals surface area contributed by atoms with E-state index in [1.807, 2.05) is 6.92 Å². The van der Waals surface area contributed by atoms with Crippen LogP contribution in [0.3, 0.4) is 0 Å². The van der Waals surface area contributed by atoms with E-state index in [2.05, 4.69) is 10.2 Å². The van der Waals surface area contributed by atoms with Gasteiger partial charge in [0.2, 0.25) is 5.91 Å². The van der Waals surface area contributed by atoms with Gasteiger partial charge in [0.05, 0.1) is 6.10 Å². The van der Waals surface area contributed by atoms with Crippen LogP contribution < -0.4 is 11.1 Å². The Bertz CT molecular complexity index is 341. The van der Waals surface area contributed by atoms with E-state index in [4.69, 9.17) is 5.73 Å². The molecule has 0 unspecified atom stereocenters. The van der Waals surface area contributed by atoms with E-state index < -0.39 is 12.1 Å². The Labute approximate surface area is 126 Å². The van der Waals surface area contributed by atoms with Crippen molar-refractivity contribution in [2.24, 2.45) is 5.73 Å². The Kier molecular flexibility index (Phi) is 7.45. The van der Waals surface area contributed by atoms with Gasteiger partial charge < -0.3 is 21.1 Å². The van der Waals surface area contributed by atoms with Gasteiger partial charge in [-0.1, -0.05) is 19.8 Å². The van der Waals surface area contributed by atoms with Crippen LogP contribution in [0.25, 0.3) is 0 Å². The first-order valence-electron chi connectivity index (χ1n) is 7.69. The van der Waals surface area contributed by atoms with E-state index in [9.17, 15) is 14.7 Å². The number of nitrogens with two attached hydrogens (primary N) is 1. The van der Waals surface area contributed by atoms with Gasteiger partial charge in [-0.3, -0.25) is 9.69 Å². The van der Waals surface area contributed by atoms with Crippen molar-refractivity contribution in [2.45, 2.75) is 45.3 Å². The average molecular weight is 300 g/mol. The van der Waals surface area contributed by atoms with Gasteiger partial charge >= 0.3 is 6.03 Å². The number of aliphatic hydroxyl groups is 1. The minimum Gasteiger partial charge on any atom is -0.392 e. The standard InChI is InChI=1S/C14H28N4O3/c1-3-4-5-12(16-14(15)21)13(20)18-8-6-17(7-9-18)10-11(2)19/h11-12,19H,3-10H2,1-2H3,(H3,15,16,21)/t11-,12+/m1/s1. The quantitative estimate of drug-likeness (QED) is 0.603. The summed E-state index contributed by atoms with van der Waals surface area (Å²) in [6, 6.07) is -1.18. The first kappa shape index (κ1) is 17.7. The highest BCUT2D eigenvalue weighted by atomic mass is 16.3. The number of hydrogen-bond donors (Lipinski definition) is 3. The van der Waals surface area contributed by atoms with Crippen molar-refractivity contribution in [3.63, 3.8) is 0 Å². The molecule has 21 heavy (non-hydrogen) atoms. The molecule has 0 bridgehead atoms. The summed E-state index contributed by atoms with van der Waals surface area (Å²) in [5.74, 6) is -0.0565. The number of β-amino-alcohol motifs (C(OH)–C–C–N with tert-alkyl or cyclic N) is 1. The fraction of sp³-hybridized carbons (Fsp3) is 0.857. The normalized spacial score (nSPS) is 19.1. The maximum Gasteiger partial charge on any atom is 0.312 e. The van der Waals surface area contributed by atoms with Crippen LogP contribution in [0.2, 0.25) is 0 Å². The van der Waals surface area contributed by atoms with E-state index in [0.717, 1.165) is 25.9 Å². The first-order valence-corrected chi connectivity index (χ1v) is 7.69. The smallest absolute Gasteiger partial charge is 0.312 e. The van der Waals surface area contributed by atoms with Crippen LogP contribution in [-0.4, -0.2) is 71.7 Å². The molecule has 3 amide bonds. The number of carbonyl (C=O) groups excluding carboxylic acids is 2. The summed E-state index contributed by atoms with van der Waals surface area (Å²) >= 11 is 0. The second-order valence-corrected chi connectivity index (χ2v) is 5.68. The van der Waals surface area contributed by atoms with Gasteiger partial charge in [0.1, 0.15) is 6.04 Å². The number of hydrogen-bond acceptors (Lipinski definition) is 4. The molecule has 0 radical (unpaired) electrons. The minimum atomic E-state index is -0.655. The maximum atomic E-state index is 12.5. The third-order valence-corrected chi connectivity index (χ3v) is 3.67. The largest absolute Gasteiger partial charge is 0.392 e. The second-order valence-electron chi connectivity index (χ2n) is 5.68. The van der Waals surface area contributed by atoms with Gasteiger partial charge in [-0.05, 0) is 13.3 Å². The summed E-state index contributed by atoms with van der Waals surface area (Å²) in [6.07, 6.45) is 2.10. The molecule has 2 atom stereocenters. The van der Waals surface area contributed by atoms with Crippen LogP contribution in [0.1, 0.15) is 33.1 Å². The maximum absolute atomic E-state index is 12.5. The van der Waals surface area contributed by atoms with E-state index in [0.29, 0.717) is 26.1 Å². The Morgan fingerprint density at radius 3 is 2.38 bits per heavy atom. The summed E-state index contributed by atoms with van der Waals surface area (Å²) in [5, 5.41) is 11.9. The summed E-state index contributed by atoms with van der Waals surface area (Å²) < 4.78 is 0. The van der Waals surface area contributed by atoms with E-state index in [1.165, 1.54) is 0 Å². The van der Waals surface area contributed by atoms with Crippen molar-refractivity contribution in [3.05, 3.63) is 0 Å². The lowest BCUT2D eigenvalue weighted by Gasteiger charge is -2.36. The molecule has 1 aliphatic heterocycles. The van der Waals surface area contributed by atoms with Crippen molar-refractivity contribution < 1.29 is 14.7 Å².